The molecule has 0 amide bonds. The van der Waals surface area contributed by atoms with E-state index in [1.165, 1.54) is 6.07 Å². The van der Waals surface area contributed by atoms with E-state index in [0.29, 0.717) is 12.1 Å². The number of aliphatic carboxylic acids is 1. The Morgan fingerprint density at radius 2 is 2.22 bits per heavy atom. The number of para-hydroxylation sites is 1. The van der Waals surface area contributed by atoms with Crippen LogP contribution in [0.2, 0.25) is 0 Å². The Labute approximate surface area is 106 Å². The van der Waals surface area contributed by atoms with Gasteiger partial charge in [-0.3, -0.25) is 0 Å². The molecule has 0 aliphatic heterocycles. The molecule has 0 aliphatic carbocycles. The third kappa shape index (κ3) is 3.70. The maximum atomic E-state index is 13.7. The number of halogens is 1. The van der Waals surface area contributed by atoms with Crippen molar-refractivity contribution < 1.29 is 19.0 Å². The fraction of sp³-hybridized carbons (Fsp3) is 0.462. The molecule has 0 heterocycles. The minimum absolute atomic E-state index is 0.0210. The second-order valence-electron chi connectivity index (χ2n) is 3.86. The Morgan fingerprint density at radius 1 is 1.50 bits per heavy atom. The van der Waals surface area contributed by atoms with Gasteiger partial charge in [0.05, 0.1) is 0 Å². The molecular weight excluding hydrogens is 237 g/mol. The number of nitrogens with one attached hydrogen (secondary N) is 1. The van der Waals surface area contributed by atoms with Crippen LogP contribution in [0.15, 0.2) is 18.2 Å². The predicted molar refractivity (Wildman–Crippen MR) is 66.1 cm³/mol. The van der Waals surface area contributed by atoms with Gasteiger partial charge in [0.1, 0.15) is 0 Å². The summed E-state index contributed by atoms with van der Waals surface area (Å²) in [5, 5.41) is 12.0. The number of hydrogen-bond acceptors (Lipinski definition) is 3. The van der Waals surface area contributed by atoms with Crippen LogP contribution in [0.4, 0.5) is 4.39 Å². The number of carboxylic acid groups (broad SMARTS) is 1. The van der Waals surface area contributed by atoms with Crippen molar-refractivity contribution in [1.29, 1.82) is 0 Å². The summed E-state index contributed by atoms with van der Waals surface area (Å²) in [4.78, 5) is 10.9. The van der Waals surface area contributed by atoms with E-state index in [-0.39, 0.29) is 12.2 Å². The highest BCUT2D eigenvalue weighted by molar-refractivity contribution is 5.72. The summed E-state index contributed by atoms with van der Waals surface area (Å²) in [7, 11) is 0. The monoisotopic (exact) mass is 255 g/mol. The van der Waals surface area contributed by atoms with E-state index in [1.54, 1.807) is 19.1 Å². The van der Waals surface area contributed by atoms with Crippen LogP contribution in [0.5, 0.6) is 5.75 Å². The molecule has 18 heavy (non-hydrogen) atoms. The van der Waals surface area contributed by atoms with E-state index >= 15 is 0 Å². The number of carbonyl (C=O) groups is 1. The van der Waals surface area contributed by atoms with E-state index < -0.39 is 17.9 Å². The van der Waals surface area contributed by atoms with Crippen molar-refractivity contribution in [3.8, 4) is 5.75 Å². The summed E-state index contributed by atoms with van der Waals surface area (Å²) in [6.07, 6.45) is -0.744. The van der Waals surface area contributed by atoms with Crippen molar-refractivity contribution in [1.82, 2.24) is 5.32 Å². The molecule has 0 saturated carbocycles. The Hall–Kier alpha value is -1.62. The molecule has 0 bridgehead atoms. The van der Waals surface area contributed by atoms with Crippen molar-refractivity contribution in [2.75, 3.05) is 6.54 Å². The highest BCUT2D eigenvalue weighted by Crippen LogP contribution is 2.24. The van der Waals surface area contributed by atoms with Crippen LogP contribution in [0.25, 0.3) is 0 Å². The lowest BCUT2D eigenvalue weighted by molar-refractivity contribution is -0.145. The highest BCUT2D eigenvalue weighted by atomic mass is 19.1. The number of ether oxygens (including phenoxy) is 1. The van der Waals surface area contributed by atoms with Crippen LogP contribution >= 0.6 is 0 Å². The summed E-state index contributed by atoms with van der Waals surface area (Å²) in [6.45, 7) is 4.81. The highest BCUT2D eigenvalue weighted by Gasteiger charge is 2.20. The molecule has 1 atom stereocenters. The lowest BCUT2D eigenvalue weighted by Crippen LogP contribution is -2.27. The van der Waals surface area contributed by atoms with E-state index in [9.17, 15) is 9.18 Å². The van der Waals surface area contributed by atoms with Crippen molar-refractivity contribution >= 4 is 5.97 Å². The maximum absolute atomic E-state index is 13.7. The molecule has 1 rings (SSSR count). The van der Waals surface area contributed by atoms with E-state index in [0.717, 1.165) is 6.54 Å². The zero-order valence-electron chi connectivity index (χ0n) is 10.6. The summed E-state index contributed by atoms with van der Waals surface area (Å²) in [6, 6.07) is 4.56. The number of benzene rings is 1. The molecule has 2 N–H and O–H groups in total. The van der Waals surface area contributed by atoms with E-state index in [2.05, 4.69) is 5.32 Å². The third-order valence-corrected chi connectivity index (χ3v) is 2.52. The number of rotatable bonds is 7. The van der Waals surface area contributed by atoms with Crippen molar-refractivity contribution in [3.63, 3.8) is 0 Å². The lowest BCUT2D eigenvalue weighted by Gasteiger charge is -2.17. The van der Waals surface area contributed by atoms with Crippen molar-refractivity contribution in [3.05, 3.63) is 29.6 Å². The fourth-order valence-electron chi connectivity index (χ4n) is 1.53. The van der Waals surface area contributed by atoms with Gasteiger partial charge in [0.25, 0.3) is 0 Å². The Bertz CT molecular complexity index is 409. The molecule has 0 aliphatic rings. The molecule has 0 spiro atoms. The molecule has 4 nitrogen and oxygen atoms in total. The first-order valence-corrected chi connectivity index (χ1v) is 5.97. The van der Waals surface area contributed by atoms with Gasteiger partial charge in [-0.1, -0.05) is 26.0 Å². The topological polar surface area (TPSA) is 58.6 Å². The minimum atomic E-state index is -1.09. The zero-order chi connectivity index (χ0) is 13.5. The van der Waals surface area contributed by atoms with Crippen LogP contribution < -0.4 is 10.1 Å². The van der Waals surface area contributed by atoms with Gasteiger partial charge in [-0.25, -0.2) is 9.18 Å². The first kappa shape index (κ1) is 14.4. The average Bonchev–Trinajstić information content (AvgIpc) is 2.34. The lowest BCUT2D eigenvalue weighted by atomic mass is 10.2. The summed E-state index contributed by atoms with van der Waals surface area (Å²) in [5.74, 6) is -1.60. The number of hydrogen-bond donors (Lipinski definition) is 2. The van der Waals surface area contributed by atoms with Gasteiger partial charge in [0, 0.05) is 12.1 Å². The predicted octanol–water partition coefficient (Wildman–Crippen LogP) is 2.18. The summed E-state index contributed by atoms with van der Waals surface area (Å²) < 4.78 is 19.0. The molecule has 0 fully saturated rings. The molecular formula is C13H18FNO3. The van der Waals surface area contributed by atoms with Crippen molar-refractivity contribution in [2.24, 2.45) is 0 Å². The SMILES string of the molecule is CCNCc1cccc(F)c1OC(CC)C(=O)O. The normalized spacial score (nSPS) is 12.2. The fourth-order valence-corrected chi connectivity index (χ4v) is 1.53. The molecule has 1 aromatic carbocycles. The third-order valence-electron chi connectivity index (χ3n) is 2.52. The van der Waals surface area contributed by atoms with Crippen LogP contribution in [0, 0.1) is 5.82 Å². The second-order valence-corrected chi connectivity index (χ2v) is 3.86. The minimum Gasteiger partial charge on any atom is -0.479 e. The van der Waals surface area contributed by atoms with Gasteiger partial charge < -0.3 is 15.2 Å². The quantitative estimate of drug-likeness (QED) is 0.784. The zero-order valence-corrected chi connectivity index (χ0v) is 10.6. The van der Waals surface area contributed by atoms with Gasteiger partial charge in [0.15, 0.2) is 17.7 Å². The van der Waals surface area contributed by atoms with Crippen LogP contribution in [0.3, 0.4) is 0 Å². The van der Waals surface area contributed by atoms with Crippen LogP contribution in [-0.2, 0) is 11.3 Å². The Kier molecular flexibility index (Phi) is 5.58. The van der Waals surface area contributed by atoms with Crippen molar-refractivity contribution in [2.45, 2.75) is 32.9 Å². The smallest absolute Gasteiger partial charge is 0.344 e. The van der Waals surface area contributed by atoms with Gasteiger partial charge in [0.2, 0.25) is 0 Å². The molecule has 5 heteroatoms. The Balaban J connectivity index is 2.94. The van der Waals surface area contributed by atoms with Crippen LogP contribution in [0.1, 0.15) is 25.8 Å². The first-order valence-electron chi connectivity index (χ1n) is 5.97. The van der Waals surface area contributed by atoms with Gasteiger partial charge in [-0.2, -0.15) is 0 Å². The molecule has 0 radical (unpaired) electrons. The maximum Gasteiger partial charge on any atom is 0.344 e. The molecule has 100 valence electrons. The summed E-state index contributed by atoms with van der Waals surface area (Å²) in [5.41, 5.74) is 0.622. The molecule has 0 saturated heterocycles. The van der Waals surface area contributed by atoms with Gasteiger partial charge >= 0.3 is 5.97 Å². The van der Waals surface area contributed by atoms with E-state index in [4.69, 9.17) is 9.84 Å². The Morgan fingerprint density at radius 3 is 2.78 bits per heavy atom. The molecule has 1 aromatic rings. The second kappa shape index (κ2) is 6.96. The molecule has 1 unspecified atom stereocenters. The van der Waals surface area contributed by atoms with Crippen LogP contribution in [-0.4, -0.2) is 23.7 Å². The number of carboxylic acids is 1. The summed E-state index contributed by atoms with van der Waals surface area (Å²) >= 11 is 0. The molecule has 0 aromatic heterocycles. The van der Waals surface area contributed by atoms with Gasteiger partial charge in [-0.15, -0.1) is 0 Å². The van der Waals surface area contributed by atoms with E-state index in [1.807, 2.05) is 6.92 Å². The average molecular weight is 255 g/mol. The largest absolute Gasteiger partial charge is 0.479 e. The standard InChI is InChI=1S/C13H18FNO3/c1-3-11(13(16)17)18-12-9(8-15-4-2)6-5-7-10(12)14/h5-7,11,15H,3-4,8H2,1-2H3,(H,16,17). The first-order chi connectivity index (χ1) is 8.60. The van der Waals surface area contributed by atoms with Gasteiger partial charge in [-0.05, 0) is 19.0 Å².